The van der Waals surface area contributed by atoms with Crippen LogP contribution in [-0.2, 0) is 12.7 Å². The first-order valence-electron chi connectivity index (χ1n) is 5.06. The van der Waals surface area contributed by atoms with Gasteiger partial charge in [-0.05, 0) is 36.6 Å². The number of alkyl halides is 3. The van der Waals surface area contributed by atoms with Gasteiger partial charge in [-0.2, -0.15) is 13.2 Å². The molecule has 0 heterocycles. The first kappa shape index (κ1) is 11.7. The summed E-state index contributed by atoms with van der Waals surface area (Å²) >= 11 is 5.70. The van der Waals surface area contributed by atoms with E-state index < -0.39 is 11.7 Å². The minimum Gasteiger partial charge on any atom is -0.310 e. The molecule has 1 aliphatic carbocycles. The topological polar surface area (TPSA) is 12.0 Å². The van der Waals surface area contributed by atoms with Crippen LogP contribution in [0, 0.1) is 0 Å². The molecular weight excluding hydrogens is 239 g/mol. The Morgan fingerprint density at radius 3 is 2.56 bits per heavy atom. The molecule has 0 amide bonds. The van der Waals surface area contributed by atoms with Crippen molar-refractivity contribution in [2.45, 2.75) is 31.6 Å². The molecule has 0 aliphatic heterocycles. The van der Waals surface area contributed by atoms with Crippen LogP contribution in [0.1, 0.15) is 24.0 Å². The zero-order chi connectivity index (χ0) is 11.8. The number of benzene rings is 1. The summed E-state index contributed by atoms with van der Waals surface area (Å²) < 4.78 is 37.9. The molecule has 0 unspecified atom stereocenters. The predicted molar refractivity (Wildman–Crippen MR) is 56.3 cm³/mol. The van der Waals surface area contributed by atoms with Crippen LogP contribution in [-0.4, -0.2) is 6.04 Å². The molecular formula is C11H11ClF3N. The maximum atomic E-state index is 12.6. The summed E-state index contributed by atoms with van der Waals surface area (Å²) in [6.45, 7) is 0.222. The summed E-state index contributed by atoms with van der Waals surface area (Å²) in [5.74, 6) is 0. The fraction of sp³-hybridized carbons (Fsp3) is 0.455. The summed E-state index contributed by atoms with van der Waals surface area (Å²) in [6, 6.07) is 4.05. The lowest BCUT2D eigenvalue weighted by atomic mass is 10.1. The van der Waals surface area contributed by atoms with Gasteiger partial charge in [0.05, 0.1) is 5.56 Å². The van der Waals surface area contributed by atoms with Crippen molar-refractivity contribution in [3.05, 3.63) is 34.3 Å². The molecule has 1 fully saturated rings. The van der Waals surface area contributed by atoms with Gasteiger partial charge in [-0.3, -0.25) is 0 Å². The van der Waals surface area contributed by atoms with E-state index in [1.165, 1.54) is 12.1 Å². The Hall–Kier alpha value is -0.740. The molecule has 1 saturated carbocycles. The minimum atomic E-state index is -4.31. The first-order valence-corrected chi connectivity index (χ1v) is 5.43. The van der Waals surface area contributed by atoms with Gasteiger partial charge in [-0.25, -0.2) is 0 Å². The van der Waals surface area contributed by atoms with Gasteiger partial charge < -0.3 is 5.32 Å². The van der Waals surface area contributed by atoms with Crippen molar-refractivity contribution in [1.29, 1.82) is 0 Å². The van der Waals surface area contributed by atoms with Crippen LogP contribution in [0.4, 0.5) is 13.2 Å². The van der Waals surface area contributed by atoms with Crippen LogP contribution in [0.15, 0.2) is 18.2 Å². The highest BCUT2D eigenvalue weighted by Crippen LogP contribution is 2.33. The zero-order valence-corrected chi connectivity index (χ0v) is 9.20. The van der Waals surface area contributed by atoms with Gasteiger partial charge in [-0.15, -0.1) is 0 Å². The summed E-state index contributed by atoms with van der Waals surface area (Å²) in [7, 11) is 0. The smallest absolute Gasteiger partial charge is 0.310 e. The number of hydrogen-bond donors (Lipinski definition) is 1. The maximum Gasteiger partial charge on any atom is 0.416 e. The van der Waals surface area contributed by atoms with Gasteiger partial charge in [0.15, 0.2) is 0 Å². The van der Waals surface area contributed by atoms with Crippen molar-refractivity contribution < 1.29 is 13.2 Å². The quantitative estimate of drug-likeness (QED) is 0.863. The summed E-state index contributed by atoms with van der Waals surface area (Å²) in [5, 5.41) is 3.39. The molecule has 1 aromatic carbocycles. The van der Waals surface area contributed by atoms with Crippen molar-refractivity contribution in [2.24, 2.45) is 0 Å². The van der Waals surface area contributed by atoms with E-state index >= 15 is 0 Å². The molecule has 5 heteroatoms. The number of halogens is 4. The number of rotatable bonds is 3. The summed E-state index contributed by atoms with van der Waals surface area (Å²) in [5.41, 5.74) is -0.392. The summed E-state index contributed by atoms with van der Waals surface area (Å²) in [4.78, 5) is 0. The molecule has 0 aromatic heterocycles. The number of nitrogens with one attached hydrogen (secondary N) is 1. The van der Waals surface area contributed by atoms with Crippen LogP contribution >= 0.6 is 11.6 Å². The standard InChI is InChI=1S/C11H11ClF3N/c12-8-1-4-10(11(13,14)15)7(5-8)6-16-9-2-3-9/h1,4-5,9,16H,2-3,6H2. The van der Waals surface area contributed by atoms with E-state index in [4.69, 9.17) is 11.6 Å². The third-order valence-corrected chi connectivity index (χ3v) is 2.77. The Kier molecular flexibility index (Phi) is 3.13. The average molecular weight is 250 g/mol. The second kappa shape index (κ2) is 4.26. The van der Waals surface area contributed by atoms with Gasteiger partial charge >= 0.3 is 6.18 Å². The fourth-order valence-corrected chi connectivity index (χ4v) is 1.72. The van der Waals surface area contributed by atoms with Crippen molar-refractivity contribution in [1.82, 2.24) is 5.32 Å². The molecule has 1 N–H and O–H groups in total. The second-order valence-electron chi connectivity index (χ2n) is 3.95. The third kappa shape index (κ3) is 2.89. The van der Waals surface area contributed by atoms with E-state index in [2.05, 4.69) is 5.32 Å². The van der Waals surface area contributed by atoms with E-state index in [-0.39, 0.29) is 12.1 Å². The van der Waals surface area contributed by atoms with E-state index in [1.807, 2.05) is 0 Å². The lowest BCUT2D eigenvalue weighted by Gasteiger charge is -2.13. The summed E-state index contributed by atoms with van der Waals surface area (Å²) in [6.07, 6.45) is -2.23. The van der Waals surface area contributed by atoms with Crippen molar-refractivity contribution in [3.8, 4) is 0 Å². The molecule has 1 aliphatic rings. The molecule has 88 valence electrons. The van der Waals surface area contributed by atoms with E-state index in [1.54, 1.807) is 0 Å². The third-order valence-electron chi connectivity index (χ3n) is 2.53. The molecule has 0 bridgehead atoms. The van der Waals surface area contributed by atoms with Crippen LogP contribution < -0.4 is 5.32 Å². The highest BCUT2D eigenvalue weighted by Gasteiger charge is 2.33. The number of hydrogen-bond acceptors (Lipinski definition) is 1. The Morgan fingerprint density at radius 2 is 2.00 bits per heavy atom. The zero-order valence-electron chi connectivity index (χ0n) is 8.44. The van der Waals surface area contributed by atoms with Gasteiger partial charge in [0.1, 0.15) is 0 Å². The van der Waals surface area contributed by atoms with E-state index in [0.29, 0.717) is 11.1 Å². The SMILES string of the molecule is FC(F)(F)c1ccc(Cl)cc1CNC1CC1. The second-order valence-corrected chi connectivity index (χ2v) is 4.39. The lowest BCUT2D eigenvalue weighted by Crippen LogP contribution is -2.19. The maximum absolute atomic E-state index is 12.6. The van der Waals surface area contributed by atoms with Crippen molar-refractivity contribution >= 4 is 11.6 Å². The molecule has 0 spiro atoms. The molecule has 1 aromatic rings. The van der Waals surface area contributed by atoms with Crippen LogP contribution in [0.25, 0.3) is 0 Å². The first-order chi connectivity index (χ1) is 7.47. The van der Waals surface area contributed by atoms with Crippen molar-refractivity contribution in [3.63, 3.8) is 0 Å². The Balaban J connectivity index is 2.20. The molecule has 0 radical (unpaired) electrons. The Morgan fingerprint density at radius 1 is 1.31 bits per heavy atom. The van der Waals surface area contributed by atoms with E-state index in [9.17, 15) is 13.2 Å². The van der Waals surface area contributed by atoms with Crippen molar-refractivity contribution in [2.75, 3.05) is 0 Å². The van der Waals surface area contributed by atoms with Gasteiger partial charge in [0, 0.05) is 17.6 Å². The largest absolute Gasteiger partial charge is 0.416 e. The van der Waals surface area contributed by atoms with Crippen LogP contribution in [0.5, 0.6) is 0 Å². The van der Waals surface area contributed by atoms with Gasteiger partial charge in [0.2, 0.25) is 0 Å². The minimum absolute atomic E-state index is 0.215. The molecule has 2 rings (SSSR count). The van der Waals surface area contributed by atoms with Crippen LogP contribution in [0.3, 0.4) is 0 Å². The Labute approximate surface area is 96.6 Å². The monoisotopic (exact) mass is 249 g/mol. The van der Waals surface area contributed by atoms with Crippen LogP contribution in [0.2, 0.25) is 5.02 Å². The fourth-order valence-electron chi connectivity index (χ4n) is 1.53. The molecule has 0 atom stereocenters. The van der Waals surface area contributed by atoms with Gasteiger partial charge in [0.25, 0.3) is 0 Å². The lowest BCUT2D eigenvalue weighted by molar-refractivity contribution is -0.138. The van der Waals surface area contributed by atoms with E-state index in [0.717, 1.165) is 18.9 Å². The molecule has 16 heavy (non-hydrogen) atoms. The average Bonchev–Trinajstić information content (AvgIpc) is 2.96. The predicted octanol–water partition coefficient (Wildman–Crippen LogP) is 3.61. The highest BCUT2D eigenvalue weighted by molar-refractivity contribution is 6.30. The molecule has 0 saturated heterocycles. The Bertz CT molecular complexity index is 385. The normalized spacial score (nSPS) is 16.5. The molecule has 1 nitrogen and oxygen atoms in total. The van der Waals surface area contributed by atoms with Gasteiger partial charge in [-0.1, -0.05) is 11.6 Å². The highest BCUT2D eigenvalue weighted by atomic mass is 35.5.